The van der Waals surface area contributed by atoms with Gasteiger partial charge in [0.25, 0.3) is 0 Å². The lowest BCUT2D eigenvalue weighted by molar-refractivity contribution is 0.178. The van der Waals surface area contributed by atoms with Gasteiger partial charge in [-0.3, -0.25) is 0 Å². The fourth-order valence-corrected chi connectivity index (χ4v) is 2.63. The van der Waals surface area contributed by atoms with Gasteiger partial charge < -0.3 is 15.1 Å². The minimum atomic E-state index is 0.195. The molecule has 1 N–H and O–H groups in total. The summed E-state index contributed by atoms with van der Waals surface area (Å²) < 4.78 is 0. The average molecular weight is 231 g/mol. The van der Waals surface area contributed by atoms with Crippen LogP contribution in [0.4, 0.5) is 4.79 Å². The molecule has 0 aliphatic carbocycles. The van der Waals surface area contributed by atoms with Gasteiger partial charge >= 0.3 is 6.03 Å². The molecule has 0 bridgehead atoms. The molecule has 2 heterocycles. The van der Waals surface area contributed by atoms with Crippen molar-refractivity contribution in [1.29, 1.82) is 0 Å². The van der Waals surface area contributed by atoms with Crippen LogP contribution in [0.3, 0.4) is 0 Å². The largest absolute Gasteiger partial charge is 0.320 e. The van der Waals surface area contributed by atoms with Crippen molar-refractivity contribution in [3.63, 3.8) is 0 Å². The lowest BCUT2D eigenvalue weighted by Crippen LogP contribution is -2.49. The summed E-state index contributed by atoms with van der Waals surface area (Å²) in [4.78, 5) is 16.1. The van der Waals surface area contributed by atoms with E-state index in [-0.39, 0.29) is 6.03 Å². The first-order chi connectivity index (χ1) is 8.34. The third kappa shape index (κ3) is 2.00. The van der Waals surface area contributed by atoms with Crippen LogP contribution in [0.25, 0.3) is 0 Å². The van der Waals surface area contributed by atoms with E-state index in [0.29, 0.717) is 6.04 Å². The molecular weight excluding hydrogens is 214 g/mol. The van der Waals surface area contributed by atoms with Gasteiger partial charge in [0.1, 0.15) is 0 Å². The Balaban J connectivity index is 1.71. The Labute approximate surface area is 101 Å². The van der Waals surface area contributed by atoms with Crippen LogP contribution >= 0.6 is 0 Å². The fourth-order valence-electron chi connectivity index (χ4n) is 2.63. The minimum Gasteiger partial charge on any atom is -0.318 e. The maximum atomic E-state index is 12.2. The quantitative estimate of drug-likeness (QED) is 0.820. The molecule has 2 fully saturated rings. The zero-order chi connectivity index (χ0) is 11.7. The summed E-state index contributed by atoms with van der Waals surface area (Å²) in [6, 6.07) is 10.7. The van der Waals surface area contributed by atoms with Crippen molar-refractivity contribution in [2.24, 2.45) is 0 Å². The summed E-state index contributed by atoms with van der Waals surface area (Å²) in [7, 11) is 0. The van der Waals surface area contributed by atoms with Crippen molar-refractivity contribution >= 4 is 6.03 Å². The van der Waals surface area contributed by atoms with Crippen molar-refractivity contribution in [2.75, 3.05) is 26.2 Å². The fraction of sp³-hybridized carbons (Fsp3) is 0.462. The highest BCUT2D eigenvalue weighted by atomic mass is 16.2. The molecule has 0 aromatic heterocycles. The molecule has 0 unspecified atom stereocenters. The van der Waals surface area contributed by atoms with Crippen molar-refractivity contribution in [3.8, 4) is 0 Å². The zero-order valence-electron chi connectivity index (χ0n) is 9.80. The molecule has 0 radical (unpaired) electrons. The van der Waals surface area contributed by atoms with Gasteiger partial charge in [-0.25, -0.2) is 4.79 Å². The van der Waals surface area contributed by atoms with Gasteiger partial charge in [0.15, 0.2) is 0 Å². The highest BCUT2D eigenvalue weighted by Gasteiger charge is 2.37. The maximum Gasteiger partial charge on any atom is 0.320 e. The maximum absolute atomic E-state index is 12.2. The average Bonchev–Trinajstić information content (AvgIpc) is 2.68. The van der Waals surface area contributed by atoms with Gasteiger partial charge in [-0.15, -0.1) is 0 Å². The Morgan fingerprint density at radius 1 is 1.29 bits per heavy atom. The number of fused-ring (bicyclic) bond motifs is 1. The third-order valence-electron chi connectivity index (χ3n) is 3.51. The topological polar surface area (TPSA) is 35.6 Å². The second-order valence-electron chi connectivity index (χ2n) is 4.70. The first kappa shape index (κ1) is 10.6. The SMILES string of the molecule is O=C1N(Cc2ccccc2)C[C@H]2CNCCN12. The van der Waals surface area contributed by atoms with Crippen LogP contribution in [-0.2, 0) is 6.54 Å². The van der Waals surface area contributed by atoms with Crippen LogP contribution in [0.2, 0.25) is 0 Å². The minimum absolute atomic E-state index is 0.195. The summed E-state index contributed by atoms with van der Waals surface area (Å²) >= 11 is 0. The van der Waals surface area contributed by atoms with Crippen LogP contribution in [0.15, 0.2) is 30.3 Å². The molecular formula is C13H17N3O. The number of hydrogen-bond acceptors (Lipinski definition) is 2. The van der Waals surface area contributed by atoms with E-state index < -0.39 is 0 Å². The Morgan fingerprint density at radius 3 is 2.88 bits per heavy atom. The van der Waals surface area contributed by atoms with Crippen LogP contribution in [0, 0.1) is 0 Å². The van der Waals surface area contributed by atoms with E-state index >= 15 is 0 Å². The van der Waals surface area contributed by atoms with E-state index in [0.717, 1.165) is 32.7 Å². The second-order valence-corrected chi connectivity index (χ2v) is 4.70. The van der Waals surface area contributed by atoms with Crippen LogP contribution in [0.5, 0.6) is 0 Å². The van der Waals surface area contributed by atoms with Crippen LogP contribution < -0.4 is 5.32 Å². The normalized spacial score (nSPS) is 24.0. The number of nitrogens with one attached hydrogen (secondary N) is 1. The number of hydrogen-bond donors (Lipinski definition) is 1. The lowest BCUT2D eigenvalue weighted by Gasteiger charge is -2.28. The highest BCUT2D eigenvalue weighted by molar-refractivity contribution is 5.77. The third-order valence-corrected chi connectivity index (χ3v) is 3.51. The molecule has 4 nitrogen and oxygen atoms in total. The predicted molar refractivity (Wildman–Crippen MR) is 65.6 cm³/mol. The molecule has 2 saturated heterocycles. The molecule has 90 valence electrons. The number of nitrogens with zero attached hydrogens (tertiary/aromatic N) is 2. The number of urea groups is 1. The summed E-state index contributed by atoms with van der Waals surface area (Å²) in [6.07, 6.45) is 0. The molecule has 0 spiro atoms. The number of piperazine rings is 1. The van der Waals surface area contributed by atoms with Crippen molar-refractivity contribution in [2.45, 2.75) is 12.6 Å². The van der Waals surface area contributed by atoms with Crippen LogP contribution in [-0.4, -0.2) is 48.1 Å². The smallest absolute Gasteiger partial charge is 0.318 e. The Kier molecular flexibility index (Phi) is 2.73. The molecule has 2 aliphatic rings. The van der Waals surface area contributed by atoms with Gasteiger partial charge in [0, 0.05) is 32.7 Å². The summed E-state index contributed by atoms with van der Waals surface area (Å²) in [5.74, 6) is 0. The summed E-state index contributed by atoms with van der Waals surface area (Å²) in [5.41, 5.74) is 1.20. The summed E-state index contributed by atoms with van der Waals surface area (Å²) in [5, 5.41) is 3.34. The highest BCUT2D eigenvalue weighted by Crippen LogP contribution is 2.19. The summed E-state index contributed by atoms with van der Waals surface area (Å²) in [6.45, 7) is 4.26. The molecule has 1 aromatic carbocycles. The first-order valence-electron chi connectivity index (χ1n) is 6.15. The van der Waals surface area contributed by atoms with Gasteiger partial charge in [-0.1, -0.05) is 30.3 Å². The lowest BCUT2D eigenvalue weighted by atomic mass is 10.2. The number of carbonyl (C=O) groups is 1. The van der Waals surface area contributed by atoms with Crippen molar-refractivity contribution in [1.82, 2.24) is 15.1 Å². The molecule has 1 atom stereocenters. The van der Waals surface area contributed by atoms with E-state index in [9.17, 15) is 4.79 Å². The number of benzene rings is 1. The molecule has 0 saturated carbocycles. The molecule has 1 aromatic rings. The van der Waals surface area contributed by atoms with E-state index in [1.165, 1.54) is 5.56 Å². The van der Waals surface area contributed by atoms with Gasteiger partial charge in [0.2, 0.25) is 0 Å². The van der Waals surface area contributed by atoms with E-state index in [1.807, 2.05) is 28.0 Å². The second kappa shape index (κ2) is 4.37. The predicted octanol–water partition coefficient (Wildman–Crippen LogP) is 0.896. The van der Waals surface area contributed by atoms with Gasteiger partial charge in [-0.05, 0) is 5.56 Å². The Hall–Kier alpha value is -1.55. The van der Waals surface area contributed by atoms with Crippen molar-refractivity contribution in [3.05, 3.63) is 35.9 Å². The Bertz CT molecular complexity index is 406. The standard InChI is InChI=1S/C13H17N3O/c17-13-15(9-11-4-2-1-3-5-11)10-12-8-14-6-7-16(12)13/h1-5,12,14H,6-10H2/t12-/m1/s1. The molecule has 2 aliphatic heterocycles. The molecule has 4 heteroatoms. The number of amides is 2. The van der Waals surface area contributed by atoms with Gasteiger partial charge in [0.05, 0.1) is 6.04 Å². The van der Waals surface area contributed by atoms with E-state index in [1.54, 1.807) is 0 Å². The van der Waals surface area contributed by atoms with Crippen molar-refractivity contribution < 1.29 is 4.79 Å². The van der Waals surface area contributed by atoms with E-state index in [4.69, 9.17) is 0 Å². The molecule has 17 heavy (non-hydrogen) atoms. The first-order valence-corrected chi connectivity index (χ1v) is 6.15. The zero-order valence-corrected chi connectivity index (χ0v) is 9.80. The Morgan fingerprint density at radius 2 is 2.12 bits per heavy atom. The number of carbonyl (C=O) groups excluding carboxylic acids is 1. The molecule has 2 amide bonds. The van der Waals surface area contributed by atoms with E-state index in [2.05, 4.69) is 17.4 Å². The number of rotatable bonds is 2. The molecule has 3 rings (SSSR count). The monoisotopic (exact) mass is 231 g/mol. The van der Waals surface area contributed by atoms with Crippen LogP contribution in [0.1, 0.15) is 5.56 Å². The van der Waals surface area contributed by atoms with Gasteiger partial charge in [-0.2, -0.15) is 0 Å².